The average molecular weight is 360 g/mol. The van der Waals surface area contributed by atoms with Gasteiger partial charge in [-0.05, 0) is 44.5 Å². The molecule has 0 aromatic heterocycles. The van der Waals surface area contributed by atoms with E-state index in [9.17, 15) is 14.4 Å². The van der Waals surface area contributed by atoms with E-state index in [1.54, 1.807) is 13.8 Å². The van der Waals surface area contributed by atoms with Gasteiger partial charge in [-0.2, -0.15) is 0 Å². The lowest BCUT2D eigenvalue weighted by Gasteiger charge is -2.15. The maximum absolute atomic E-state index is 11.9. The zero-order chi connectivity index (χ0) is 19.6. The van der Waals surface area contributed by atoms with Crippen molar-refractivity contribution < 1.29 is 28.6 Å². The first-order chi connectivity index (χ1) is 12.3. The van der Waals surface area contributed by atoms with Crippen molar-refractivity contribution in [3.8, 4) is 18.1 Å². The van der Waals surface area contributed by atoms with Gasteiger partial charge in [-0.1, -0.05) is 12.8 Å². The minimum Gasteiger partial charge on any atom is -0.462 e. The van der Waals surface area contributed by atoms with Crippen molar-refractivity contribution >= 4 is 17.9 Å². The number of carbonyl (C=O) groups excluding carboxylic acids is 3. The van der Waals surface area contributed by atoms with Crippen LogP contribution < -0.4 is 4.74 Å². The van der Waals surface area contributed by atoms with Crippen molar-refractivity contribution in [2.24, 2.45) is 5.41 Å². The van der Waals surface area contributed by atoms with Crippen LogP contribution >= 0.6 is 0 Å². The van der Waals surface area contributed by atoms with Gasteiger partial charge in [0.1, 0.15) is 19.0 Å². The molecule has 0 spiro atoms. The van der Waals surface area contributed by atoms with E-state index in [4.69, 9.17) is 20.6 Å². The van der Waals surface area contributed by atoms with Crippen LogP contribution in [0.4, 0.5) is 0 Å². The second-order valence-corrected chi connectivity index (χ2v) is 6.31. The van der Waals surface area contributed by atoms with Gasteiger partial charge in [-0.25, -0.2) is 4.79 Å². The largest absolute Gasteiger partial charge is 0.462 e. The number of benzene rings is 1. The number of esters is 3. The minimum atomic E-state index is -0.573. The van der Waals surface area contributed by atoms with E-state index in [2.05, 4.69) is 5.92 Å². The number of carbonyl (C=O) groups is 3. The fourth-order valence-corrected chi connectivity index (χ4v) is 1.88. The van der Waals surface area contributed by atoms with Gasteiger partial charge >= 0.3 is 17.9 Å². The van der Waals surface area contributed by atoms with E-state index in [1.807, 2.05) is 6.92 Å². The SMILES string of the molecule is C#CC(C)(C)CC(=O)OCCOC(=O)c1ccc(OC(=O)CCC)cc1. The third-order valence-electron chi connectivity index (χ3n) is 3.33. The normalized spacial score (nSPS) is 10.5. The van der Waals surface area contributed by atoms with Crippen molar-refractivity contribution in [3.63, 3.8) is 0 Å². The van der Waals surface area contributed by atoms with Gasteiger partial charge in [0.15, 0.2) is 0 Å². The van der Waals surface area contributed by atoms with Crippen molar-refractivity contribution in [2.45, 2.75) is 40.0 Å². The van der Waals surface area contributed by atoms with E-state index >= 15 is 0 Å². The van der Waals surface area contributed by atoms with E-state index in [0.717, 1.165) is 0 Å². The Morgan fingerprint density at radius 1 is 1.04 bits per heavy atom. The molecule has 140 valence electrons. The van der Waals surface area contributed by atoms with Crippen LogP contribution in [0.15, 0.2) is 24.3 Å². The number of rotatable bonds is 9. The molecule has 0 saturated carbocycles. The quantitative estimate of drug-likeness (QED) is 0.291. The molecule has 1 aromatic carbocycles. The number of ether oxygens (including phenoxy) is 3. The lowest BCUT2D eigenvalue weighted by atomic mass is 9.91. The van der Waals surface area contributed by atoms with Gasteiger partial charge in [0.05, 0.1) is 12.0 Å². The van der Waals surface area contributed by atoms with Crippen LogP contribution in [0, 0.1) is 17.8 Å². The summed E-state index contributed by atoms with van der Waals surface area (Å²) in [6.45, 7) is 5.30. The first-order valence-corrected chi connectivity index (χ1v) is 8.38. The molecule has 1 rings (SSSR count). The van der Waals surface area contributed by atoms with Gasteiger partial charge in [-0.15, -0.1) is 6.42 Å². The van der Waals surface area contributed by atoms with Crippen LogP contribution in [0.5, 0.6) is 5.75 Å². The van der Waals surface area contributed by atoms with Crippen LogP contribution in [0.2, 0.25) is 0 Å². The summed E-state index contributed by atoms with van der Waals surface area (Å²) < 4.78 is 15.1. The van der Waals surface area contributed by atoms with Crippen molar-refractivity contribution in [3.05, 3.63) is 29.8 Å². The predicted molar refractivity (Wildman–Crippen MR) is 95.5 cm³/mol. The Bertz CT molecular complexity index is 667. The first-order valence-electron chi connectivity index (χ1n) is 8.38. The third-order valence-corrected chi connectivity index (χ3v) is 3.33. The Kier molecular flexibility index (Phi) is 8.36. The zero-order valence-electron chi connectivity index (χ0n) is 15.4. The topological polar surface area (TPSA) is 78.9 Å². The highest BCUT2D eigenvalue weighted by Crippen LogP contribution is 2.19. The molecular weight excluding hydrogens is 336 g/mol. The molecule has 0 aliphatic carbocycles. The summed E-state index contributed by atoms with van der Waals surface area (Å²) in [6, 6.07) is 6.04. The Labute approximate surface area is 153 Å². The maximum Gasteiger partial charge on any atom is 0.338 e. The number of hydrogen-bond donors (Lipinski definition) is 0. The Morgan fingerprint density at radius 3 is 2.23 bits per heavy atom. The Hall–Kier alpha value is -2.81. The predicted octanol–water partition coefficient (Wildman–Crippen LogP) is 3.14. The summed E-state index contributed by atoms with van der Waals surface area (Å²) in [7, 11) is 0. The molecule has 0 saturated heterocycles. The van der Waals surface area contributed by atoms with E-state index in [1.165, 1.54) is 24.3 Å². The molecule has 1 aromatic rings. The van der Waals surface area contributed by atoms with Crippen LogP contribution in [-0.2, 0) is 19.1 Å². The number of hydrogen-bond acceptors (Lipinski definition) is 6. The third kappa shape index (κ3) is 7.84. The summed E-state index contributed by atoms with van der Waals surface area (Å²) in [5.74, 6) is 1.55. The van der Waals surface area contributed by atoms with E-state index in [0.29, 0.717) is 24.2 Å². The van der Waals surface area contributed by atoms with Crippen molar-refractivity contribution in [1.29, 1.82) is 0 Å². The monoisotopic (exact) mass is 360 g/mol. The second kappa shape index (κ2) is 10.2. The molecule has 0 atom stereocenters. The lowest BCUT2D eigenvalue weighted by molar-refractivity contribution is -0.146. The molecule has 6 heteroatoms. The molecule has 0 N–H and O–H groups in total. The molecule has 0 heterocycles. The van der Waals surface area contributed by atoms with E-state index < -0.39 is 17.4 Å². The molecule has 0 fully saturated rings. The van der Waals surface area contributed by atoms with Crippen LogP contribution in [-0.4, -0.2) is 31.1 Å². The molecule has 0 aliphatic heterocycles. The minimum absolute atomic E-state index is 0.0437. The van der Waals surface area contributed by atoms with Crippen molar-refractivity contribution in [1.82, 2.24) is 0 Å². The van der Waals surface area contributed by atoms with Crippen molar-refractivity contribution in [2.75, 3.05) is 13.2 Å². The fourth-order valence-electron chi connectivity index (χ4n) is 1.88. The Balaban J connectivity index is 2.36. The molecule has 0 bridgehead atoms. The molecule has 0 aliphatic rings. The average Bonchev–Trinajstić information content (AvgIpc) is 2.59. The molecule has 6 nitrogen and oxygen atoms in total. The Morgan fingerprint density at radius 2 is 1.65 bits per heavy atom. The van der Waals surface area contributed by atoms with Crippen LogP contribution in [0.1, 0.15) is 50.4 Å². The highest BCUT2D eigenvalue weighted by molar-refractivity contribution is 5.89. The van der Waals surface area contributed by atoms with Crippen LogP contribution in [0.25, 0.3) is 0 Å². The summed E-state index contributed by atoms with van der Waals surface area (Å²) in [5.41, 5.74) is -0.268. The summed E-state index contributed by atoms with van der Waals surface area (Å²) >= 11 is 0. The first kappa shape index (κ1) is 21.2. The highest BCUT2D eigenvalue weighted by Gasteiger charge is 2.20. The van der Waals surface area contributed by atoms with Gasteiger partial charge < -0.3 is 14.2 Å². The molecule has 0 amide bonds. The van der Waals surface area contributed by atoms with E-state index in [-0.39, 0.29) is 25.6 Å². The molecule has 0 radical (unpaired) electrons. The summed E-state index contributed by atoms with van der Waals surface area (Å²) in [5, 5.41) is 0. The molecule has 26 heavy (non-hydrogen) atoms. The van der Waals surface area contributed by atoms with Gasteiger partial charge in [0, 0.05) is 11.8 Å². The van der Waals surface area contributed by atoms with Gasteiger partial charge in [-0.3, -0.25) is 9.59 Å². The number of terminal acetylenes is 1. The summed E-state index contributed by atoms with van der Waals surface area (Å²) in [6.07, 6.45) is 6.44. The highest BCUT2D eigenvalue weighted by atomic mass is 16.6. The fraction of sp³-hybridized carbons (Fsp3) is 0.450. The van der Waals surface area contributed by atoms with Gasteiger partial charge in [0.25, 0.3) is 0 Å². The molecule has 0 unspecified atom stereocenters. The zero-order valence-corrected chi connectivity index (χ0v) is 15.4. The van der Waals surface area contributed by atoms with Crippen LogP contribution in [0.3, 0.4) is 0 Å². The smallest absolute Gasteiger partial charge is 0.338 e. The summed E-state index contributed by atoms with van der Waals surface area (Å²) in [4.78, 5) is 34.9. The van der Waals surface area contributed by atoms with Gasteiger partial charge in [0.2, 0.25) is 0 Å². The second-order valence-electron chi connectivity index (χ2n) is 6.31. The maximum atomic E-state index is 11.9. The molecular formula is C20H24O6. The lowest BCUT2D eigenvalue weighted by Crippen LogP contribution is -2.19. The standard InChI is InChI=1S/C20H24O6/c1-5-7-17(21)26-16-10-8-15(9-11-16)19(23)25-13-12-24-18(22)14-20(3,4)6-2/h2,8-11H,5,7,12-14H2,1,3-4H3.